The molecule has 1 saturated carbocycles. The molecule has 1 aliphatic heterocycles. The largest absolute Gasteiger partial charge is 0.337 e. The number of halogens is 2. The number of nitrogens with one attached hydrogen (secondary N) is 2. The Kier molecular flexibility index (Phi) is 6.64. The van der Waals surface area contributed by atoms with E-state index in [9.17, 15) is 22.0 Å². The van der Waals surface area contributed by atoms with E-state index in [0.29, 0.717) is 19.4 Å². The molecule has 2 N–H and O–H groups in total. The molecule has 0 bridgehead atoms. The molecule has 0 spiro atoms. The van der Waals surface area contributed by atoms with E-state index in [0.717, 1.165) is 19.3 Å². The Labute approximate surface area is 148 Å². The van der Waals surface area contributed by atoms with E-state index < -0.39 is 15.9 Å². The molecular weight excluding hydrogens is 352 g/mol. The van der Waals surface area contributed by atoms with Crippen LogP contribution in [0.15, 0.2) is 0 Å². The van der Waals surface area contributed by atoms with E-state index >= 15 is 0 Å². The average molecular weight is 381 g/mol. The van der Waals surface area contributed by atoms with Crippen LogP contribution >= 0.6 is 0 Å². The Bertz CT molecular complexity index is 561. The Morgan fingerprint density at radius 3 is 2.48 bits per heavy atom. The Morgan fingerprint density at radius 1 is 1.24 bits per heavy atom. The number of amides is 2. The summed E-state index contributed by atoms with van der Waals surface area (Å²) in [4.78, 5) is 12.1. The van der Waals surface area contributed by atoms with E-state index in [1.807, 2.05) is 6.92 Å². The minimum absolute atomic E-state index is 0.0487. The highest BCUT2D eigenvalue weighted by Crippen LogP contribution is 2.37. The van der Waals surface area contributed by atoms with Crippen molar-refractivity contribution in [2.75, 3.05) is 19.3 Å². The van der Waals surface area contributed by atoms with Crippen LogP contribution in [0.2, 0.25) is 0 Å². The molecule has 1 saturated heterocycles. The number of rotatable bonds is 5. The molecule has 1 heterocycles. The lowest BCUT2D eigenvalue weighted by Crippen LogP contribution is -2.52. The summed E-state index contributed by atoms with van der Waals surface area (Å²) in [6.45, 7) is 2.57. The maximum atomic E-state index is 13.2. The minimum Gasteiger partial charge on any atom is -0.337 e. The van der Waals surface area contributed by atoms with Gasteiger partial charge in [0.2, 0.25) is 15.9 Å². The fourth-order valence-corrected chi connectivity index (χ4v) is 4.95. The van der Waals surface area contributed by atoms with Gasteiger partial charge >= 0.3 is 6.03 Å². The van der Waals surface area contributed by atoms with Crippen LogP contribution in [0.3, 0.4) is 0 Å². The molecule has 0 aromatic heterocycles. The van der Waals surface area contributed by atoms with Crippen molar-refractivity contribution in [2.45, 2.75) is 69.9 Å². The van der Waals surface area contributed by atoms with Crippen LogP contribution < -0.4 is 10.6 Å². The SMILES string of the molecule is CC(NC(=O)NCC1CCCCN1S(C)(=O)=O)C1CCC(F)(F)CC1. The summed E-state index contributed by atoms with van der Waals surface area (Å²) >= 11 is 0. The van der Waals surface area contributed by atoms with Crippen molar-refractivity contribution in [2.24, 2.45) is 5.92 Å². The van der Waals surface area contributed by atoms with Gasteiger partial charge in [-0.3, -0.25) is 0 Å². The first-order valence-electron chi connectivity index (χ1n) is 8.97. The van der Waals surface area contributed by atoms with Crippen LogP contribution in [0.25, 0.3) is 0 Å². The monoisotopic (exact) mass is 381 g/mol. The second kappa shape index (κ2) is 8.16. The third-order valence-electron chi connectivity index (χ3n) is 5.32. The minimum atomic E-state index is -3.28. The van der Waals surface area contributed by atoms with Gasteiger partial charge in [0.1, 0.15) is 0 Å². The van der Waals surface area contributed by atoms with E-state index in [4.69, 9.17) is 0 Å². The van der Waals surface area contributed by atoms with Crippen molar-refractivity contribution in [3.05, 3.63) is 0 Å². The third kappa shape index (κ3) is 6.06. The van der Waals surface area contributed by atoms with Crippen molar-refractivity contribution < 1.29 is 22.0 Å². The first-order valence-corrected chi connectivity index (χ1v) is 10.8. The van der Waals surface area contributed by atoms with Gasteiger partial charge in [0.25, 0.3) is 0 Å². The molecule has 2 amide bonds. The highest BCUT2D eigenvalue weighted by molar-refractivity contribution is 7.88. The predicted molar refractivity (Wildman–Crippen MR) is 92.1 cm³/mol. The molecule has 0 aromatic carbocycles. The number of sulfonamides is 1. The van der Waals surface area contributed by atoms with Crippen molar-refractivity contribution >= 4 is 16.1 Å². The molecule has 6 nitrogen and oxygen atoms in total. The maximum Gasteiger partial charge on any atom is 0.315 e. The van der Waals surface area contributed by atoms with Crippen LogP contribution in [-0.2, 0) is 10.0 Å². The van der Waals surface area contributed by atoms with E-state index in [1.165, 1.54) is 10.6 Å². The highest BCUT2D eigenvalue weighted by atomic mass is 32.2. The number of carbonyl (C=O) groups is 1. The lowest BCUT2D eigenvalue weighted by molar-refractivity contribution is -0.0484. The molecule has 146 valence electrons. The van der Waals surface area contributed by atoms with E-state index in [1.54, 1.807) is 0 Å². The smallest absolute Gasteiger partial charge is 0.315 e. The second-order valence-corrected chi connectivity index (χ2v) is 9.29. The van der Waals surface area contributed by atoms with Gasteiger partial charge in [0.05, 0.1) is 6.26 Å². The summed E-state index contributed by atoms with van der Waals surface area (Å²) in [5, 5.41) is 5.54. The number of nitrogens with zero attached hydrogens (tertiary/aromatic N) is 1. The number of piperidine rings is 1. The number of urea groups is 1. The quantitative estimate of drug-likeness (QED) is 0.767. The van der Waals surface area contributed by atoms with Crippen molar-refractivity contribution in [3.63, 3.8) is 0 Å². The Hall–Kier alpha value is -0.960. The van der Waals surface area contributed by atoms with Crippen LogP contribution in [0.1, 0.15) is 51.9 Å². The summed E-state index contributed by atoms with van der Waals surface area (Å²) < 4.78 is 51.5. The maximum absolute atomic E-state index is 13.2. The van der Waals surface area contributed by atoms with Crippen LogP contribution in [0.4, 0.5) is 13.6 Å². The molecule has 2 fully saturated rings. The van der Waals surface area contributed by atoms with Crippen LogP contribution in [0.5, 0.6) is 0 Å². The fourth-order valence-electron chi connectivity index (χ4n) is 3.76. The normalized spacial score (nSPS) is 26.8. The molecule has 25 heavy (non-hydrogen) atoms. The second-order valence-electron chi connectivity index (χ2n) is 7.36. The molecule has 0 aromatic rings. The summed E-state index contributed by atoms with van der Waals surface area (Å²) in [5.41, 5.74) is 0. The summed E-state index contributed by atoms with van der Waals surface area (Å²) in [6.07, 6.45) is 4.23. The van der Waals surface area contributed by atoms with Gasteiger partial charge in [0.15, 0.2) is 0 Å². The number of hydrogen-bond donors (Lipinski definition) is 2. The molecular formula is C16H29F2N3O3S. The zero-order valence-corrected chi connectivity index (χ0v) is 15.7. The lowest BCUT2D eigenvalue weighted by atomic mass is 9.83. The van der Waals surface area contributed by atoms with Crippen LogP contribution in [0, 0.1) is 5.92 Å². The van der Waals surface area contributed by atoms with Gasteiger partial charge in [-0.05, 0) is 38.5 Å². The standard InChI is InChI=1S/C16H29F2N3O3S/c1-12(13-6-8-16(17,18)9-7-13)20-15(22)19-11-14-5-3-4-10-21(14)25(2,23)24/h12-14H,3-11H2,1-2H3,(H2,19,20,22). The van der Waals surface area contributed by atoms with Crippen LogP contribution in [-0.4, -0.2) is 56.1 Å². The van der Waals surface area contributed by atoms with Crippen molar-refractivity contribution in [1.29, 1.82) is 0 Å². The Morgan fingerprint density at radius 2 is 1.88 bits per heavy atom. The molecule has 2 rings (SSSR count). The zero-order chi connectivity index (χ0) is 18.7. The molecule has 2 aliphatic rings. The number of carbonyl (C=O) groups excluding carboxylic acids is 1. The van der Waals surface area contributed by atoms with E-state index in [2.05, 4.69) is 10.6 Å². The molecule has 2 atom stereocenters. The van der Waals surface area contributed by atoms with Gasteiger partial charge in [-0.1, -0.05) is 6.42 Å². The zero-order valence-electron chi connectivity index (χ0n) is 14.9. The predicted octanol–water partition coefficient (Wildman–Crippen LogP) is 2.31. The molecule has 1 aliphatic carbocycles. The van der Waals surface area contributed by atoms with Gasteiger partial charge in [-0.25, -0.2) is 22.0 Å². The number of alkyl halides is 2. The number of hydrogen-bond acceptors (Lipinski definition) is 3. The van der Waals surface area contributed by atoms with Gasteiger partial charge in [-0.15, -0.1) is 0 Å². The molecule has 0 radical (unpaired) electrons. The topological polar surface area (TPSA) is 78.5 Å². The first-order chi connectivity index (χ1) is 11.6. The summed E-state index contributed by atoms with van der Waals surface area (Å²) in [5.74, 6) is -2.53. The highest BCUT2D eigenvalue weighted by Gasteiger charge is 2.37. The van der Waals surface area contributed by atoms with Gasteiger partial charge < -0.3 is 10.6 Å². The van der Waals surface area contributed by atoms with Gasteiger partial charge in [-0.2, -0.15) is 4.31 Å². The van der Waals surface area contributed by atoms with Gasteiger partial charge in [0, 0.05) is 38.0 Å². The lowest BCUT2D eigenvalue weighted by Gasteiger charge is -2.34. The summed E-state index contributed by atoms with van der Waals surface area (Å²) in [7, 11) is -3.28. The molecule has 9 heteroatoms. The average Bonchev–Trinajstić information content (AvgIpc) is 2.52. The first kappa shape index (κ1) is 20.4. The van der Waals surface area contributed by atoms with Crippen molar-refractivity contribution in [3.8, 4) is 0 Å². The van der Waals surface area contributed by atoms with E-state index in [-0.39, 0.29) is 43.4 Å². The third-order valence-corrected chi connectivity index (χ3v) is 6.66. The van der Waals surface area contributed by atoms with Crippen molar-refractivity contribution in [1.82, 2.24) is 14.9 Å². The fraction of sp³-hybridized carbons (Fsp3) is 0.938. The molecule has 2 unspecified atom stereocenters. The Balaban J connectivity index is 1.78. The summed E-state index contributed by atoms with van der Waals surface area (Å²) in [6, 6.07) is -0.782.